The molecule has 0 unspecified atom stereocenters. The van der Waals surface area contributed by atoms with Crippen LogP contribution in [0.5, 0.6) is 0 Å². The third-order valence-corrected chi connectivity index (χ3v) is 14.7. The second kappa shape index (κ2) is 5.43. The lowest BCUT2D eigenvalue weighted by atomic mass is 10.5. The number of aliphatic hydroxyl groups is 1. The lowest BCUT2D eigenvalue weighted by Gasteiger charge is -2.30. The second-order valence-electron chi connectivity index (χ2n) is 1.36. The van der Waals surface area contributed by atoms with Crippen molar-refractivity contribution in [2.75, 3.05) is 0 Å². The molecule has 7 heteroatoms. The molecule has 0 aliphatic rings. The molecule has 0 fully saturated rings. The third-order valence-electron chi connectivity index (χ3n) is 0.615. The Balaban J connectivity index is 4.40. The van der Waals surface area contributed by atoms with E-state index in [2.05, 4.69) is 113 Å². The highest BCUT2D eigenvalue weighted by molar-refractivity contribution is 14.3. The van der Waals surface area contributed by atoms with Gasteiger partial charge in [0.25, 0.3) is 0 Å². The molecule has 1 nitrogen and oxygen atoms in total. The molecule has 0 aliphatic carbocycles. The highest BCUT2D eigenvalue weighted by atomic mass is 127. The van der Waals surface area contributed by atoms with E-state index in [1.54, 1.807) is 0 Å². The summed E-state index contributed by atoms with van der Waals surface area (Å²) >= 11 is 13.4. The maximum absolute atomic E-state index is 9.29. The van der Waals surface area contributed by atoms with Crippen LogP contribution in [-0.4, -0.2) is 5.97 Å². The Bertz CT molecular complexity index is 115. The molecule has 0 atom stereocenters. The molecule has 0 spiro atoms. The second-order valence-corrected chi connectivity index (χ2v) is 18.7. The molecular formula is C3HI6O. The number of aliphatic hydroxyl groups excluding tert-OH is 1. The summed E-state index contributed by atoms with van der Waals surface area (Å²) < 4.78 is 0.238. The Kier molecular flexibility index (Phi) is 7.79. The van der Waals surface area contributed by atoms with Crippen LogP contribution in [0.15, 0.2) is 0 Å². The quantitative estimate of drug-likeness (QED) is 0.314. The van der Waals surface area contributed by atoms with Crippen LogP contribution in [0.1, 0.15) is 0 Å². The van der Waals surface area contributed by atoms with E-state index in [4.69, 9.17) is 0 Å². The van der Waals surface area contributed by atoms with E-state index >= 15 is 0 Å². The fraction of sp³-hybridized carbons (Fsp3) is 0.667. The van der Waals surface area contributed by atoms with Gasteiger partial charge in [-0.1, -0.05) is 113 Å². The van der Waals surface area contributed by atoms with Gasteiger partial charge in [0.2, 0.25) is 0 Å². The first-order valence-corrected chi connectivity index (χ1v) is 8.33. The van der Waals surface area contributed by atoms with Crippen molar-refractivity contribution < 1.29 is 5.11 Å². The van der Waals surface area contributed by atoms with Crippen molar-refractivity contribution in [3.63, 3.8) is 0 Å². The monoisotopic (exact) mass is 814 g/mol. The summed E-state index contributed by atoms with van der Waals surface area (Å²) in [6.45, 7) is 0. The zero-order valence-corrected chi connectivity index (χ0v) is 17.2. The van der Waals surface area contributed by atoms with E-state index in [-0.39, 0.29) is 0.864 Å². The van der Waals surface area contributed by atoms with Gasteiger partial charge in [-0.25, -0.2) is 0 Å². The summed E-state index contributed by atoms with van der Waals surface area (Å²) in [4.78, 5) is 0. The average molecular weight is 814 g/mol. The number of rotatable bonds is 2. The van der Waals surface area contributed by atoms with Gasteiger partial charge in [-0.05, 0) is 22.6 Å². The van der Waals surface area contributed by atoms with Crippen LogP contribution in [0.25, 0.3) is 0 Å². The van der Waals surface area contributed by atoms with E-state index in [9.17, 15) is 5.11 Å². The first-order valence-electron chi connectivity index (χ1n) is 1.86. The Hall–Kier alpha value is 4.34. The van der Waals surface area contributed by atoms with Crippen molar-refractivity contribution >= 4 is 136 Å². The molecule has 1 radical (unpaired) electrons. The lowest BCUT2D eigenvalue weighted by Crippen LogP contribution is -2.31. The molecule has 0 aromatic rings. The van der Waals surface area contributed by atoms with Crippen molar-refractivity contribution in [2.45, 2.75) is 0.864 Å². The molecule has 0 aromatic carbocycles. The molecule has 0 aromatic heterocycles. The molecule has 0 saturated carbocycles. The van der Waals surface area contributed by atoms with Crippen LogP contribution in [-0.2, 0) is 0 Å². The molecule has 0 rings (SSSR count). The van der Waals surface area contributed by atoms with E-state index < -0.39 is 0 Å². The van der Waals surface area contributed by atoms with Crippen molar-refractivity contribution in [1.82, 2.24) is 0 Å². The van der Waals surface area contributed by atoms with E-state index in [0.29, 0.717) is 4.11 Å². The SMILES string of the molecule is O[C](I)C(I)(I)C(I)(I)I. The van der Waals surface area contributed by atoms with Gasteiger partial charge in [0.15, 0.2) is 3.55 Å². The van der Waals surface area contributed by atoms with Crippen LogP contribution < -0.4 is 0 Å². The lowest BCUT2D eigenvalue weighted by molar-refractivity contribution is 0.374. The molecular weight excluding hydrogens is 813 g/mol. The van der Waals surface area contributed by atoms with Crippen molar-refractivity contribution in [3.05, 3.63) is 4.11 Å². The maximum Gasteiger partial charge on any atom is 0.182 e. The highest BCUT2D eigenvalue weighted by Crippen LogP contribution is 2.59. The predicted molar refractivity (Wildman–Crippen MR) is 94.8 cm³/mol. The van der Waals surface area contributed by atoms with E-state index in [1.807, 2.05) is 22.6 Å². The van der Waals surface area contributed by atoms with Gasteiger partial charge in [0.05, 0.1) is 0 Å². The summed E-state index contributed by atoms with van der Waals surface area (Å²) in [5.74, 6) is 0. The summed E-state index contributed by atoms with van der Waals surface area (Å²) in [6, 6.07) is 0. The smallest absolute Gasteiger partial charge is 0.182 e. The first-order chi connectivity index (χ1) is 4.19. The molecule has 1 N–H and O–H groups in total. The van der Waals surface area contributed by atoms with E-state index in [1.165, 1.54) is 0 Å². The minimum atomic E-state index is -0.204. The number of hydrogen-bond donors (Lipinski definition) is 1. The fourth-order valence-electron chi connectivity index (χ4n) is 0.117. The van der Waals surface area contributed by atoms with Gasteiger partial charge in [0.1, 0.15) is 1.43 Å². The van der Waals surface area contributed by atoms with Gasteiger partial charge in [0, 0.05) is 0 Å². The molecule has 10 heavy (non-hydrogen) atoms. The molecule has 0 saturated heterocycles. The van der Waals surface area contributed by atoms with Crippen LogP contribution in [0.2, 0.25) is 0 Å². The van der Waals surface area contributed by atoms with Crippen molar-refractivity contribution in [2.24, 2.45) is 0 Å². The van der Waals surface area contributed by atoms with Crippen molar-refractivity contribution in [3.8, 4) is 0 Å². The molecule has 61 valence electrons. The summed E-state index contributed by atoms with van der Waals surface area (Å²) in [6.07, 6.45) is 0. The van der Waals surface area contributed by atoms with Gasteiger partial charge < -0.3 is 5.11 Å². The Morgan fingerprint density at radius 1 is 1.00 bits per heavy atom. The Morgan fingerprint density at radius 2 is 1.30 bits per heavy atom. The molecule has 0 heterocycles. The Labute approximate surface area is 142 Å². The van der Waals surface area contributed by atoms with Gasteiger partial charge >= 0.3 is 0 Å². The number of alkyl halides is 5. The van der Waals surface area contributed by atoms with Crippen LogP contribution in [0, 0.1) is 4.11 Å². The topological polar surface area (TPSA) is 20.2 Å². The standard InChI is InChI=1S/C3HI6O/c4-1(10)2(5,6)3(7,8)9/h10H. The minimum Gasteiger partial charge on any atom is -0.374 e. The molecule has 0 bridgehead atoms. The normalized spacial score (nSPS) is 14.4. The largest absolute Gasteiger partial charge is 0.374 e. The first kappa shape index (κ1) is 14.3. The zero-order chi connectivity index (χ0) is 8.58. The van der Waals surface area contributed by atoms with Crippen LogP contribution in [0.4, 0.5) is 0 Å². The summed E-state index contributed by atoms with van der Waals surface area (Å²) in [5, 5.41) is 9.29. The predicted octanol–water partition coefficient (Wildman–Crippen LogP) is 4.81. The zero-order valence-electron chi connectivity index (χ0n) is 4.22. The number of hydrogen-bond acceptors (Lipinski definition) is 1. The Morgan fingerprint density at radius 3 is 1.30 bits per heavy atom. The van der Waals surface area contributed by atoms with E-state index in [0.717, 1.165) is 0 Å². The van der Waals surface area contributed by atoms with Gasteiger partial charge in [-0.2, -0.15) is 0 Å². The van der Waals surface area contributed by atoms with Crippen molar-refractivity contribution in [1.29, 1.82) is 0 Å². The third kappa shape index (κ3) is 4.24. The minimum absolute atomic E-state index is 0.00662. The summed E-state index contributed by atoms with van der Waals surface area (Å²) in [5.41, 5.74) is 0. The fourth-order valence-corrected chi connectivity index (χ4v) is 2.84. The average Bonchev–Trinajstić information content (AvgIpc) is 1.62. The number of halogens is 6. The highest BCUT2D eigenvalue weighted by Gasteiger charge is 2.48. The van der Waals surface area contributed by atoms with Gasteiger partial charge in [-0.15, -0.1) is 0 Å². The summed E-state index contributed by atoms with van der Waals surface area (Å²) in [7, 11) is 0. The van der Waals surface area contributed by atoms with Gasteiger partial charge in [-0.3, -0.25) is 0 Å². The molecule has 0 aliphatic heterocycles. The van der Waals surface area contributed by atoms with Crippen LogP contribution >= 0.6 is 136 Å². The maximum atomic E-state index is 9.29. The van der Waals surface area contributed by atoms with Crippen LogP contribution in [0.3, 0.4) is 0 Å². The molecule has 0 amide bonds.